The molecule has 2 N–H and O–H groups in total. The Bertz CT molecular complexity index is 652. The Labute approximate surface area is 126 Å². The predicted octanol–water partition coefficient (Wildman–Crippen LogP) is 2.68. The molecule has 2 rings (SSSR count). The fourth-order valence-electron chi connectivity index (χ4n) is 1.84. The van der Waals surface area contributed by atoms with Crippen LogP contribution in [0.3, 0.4) is 0 Å². The van der Waals surface area contributed by atoms with Gasteiger partial charge in [0, 0.05) is 22.5 Å². The van der Waals surface area contributed by atoms with Gasteiger partial charge in [0.1, 0.15) is 0 Å². The molecule has 0 aliphatic carbocycles. The zero-order valence-corrected chi connectivity index (χ0v) is 13.2. The average Bonchev–Trinajstić information content (AvgIpc) is 2.78. The van der Waals surface area contributed by atoms with Gasteiger partial charge in [0.25, 0.3) is 0 Å². The maximum Gasteiger partial charge on any atom is 0.343 e. The molecule has 7 heteroatoms. The van der Waals surface area contributed by atoms with Gasteiger partial charge < -0.3 is 5.32 Å². The van der Waals surface area contributed by atoms with Gasteiger partial charge in [0.2, 0.25) is 0 Å². The lowest BCUT2D eigenvalue weighted by molar-refractivity contribution is 0.652. The molecule has 0 spiro atoms. The molecule has 2 aromatic rings. The number of halogens is 1. The third kappa shape index (κ3) is 3.08. The van der Waals surface area contributed by atoms with Crippen molar-refractivity contribution in [1.82, 2.24) is 20.1 Å². The maximum atomic E-state index is 11.5. The molecular formula is C13H17ClN4OS. The average molecular weight is 313 g/mol. The van der Waals surface area contributed by atoms with Gasteiger partial charge in [-0.25, -0.2) is 9.89 Å². The Morgan fingerprint density at radius 1 is 1.55 bits per heavy atom. The molecule has 20 heavy (non-hydrogen) atoms. The largest absolute Gasteiger partial charge is 0.343 e. The second-order valence-electron chi connectivity index (χ2n) is 4.35. The topological polar surface area (TPSA) is 62.7 Å². The lowest BCUT2D eigenvalue weighted by Gasteiger charge is -2.13. The highest BCUT2D eigenvalue weighted by molar-refractivity contribution is 7.99. The van der Waals surface area contributed by atoms with E-state index in [2.05, 4.69) is 22.4 Å². The number of H-pyrrole nitrogens is 1. The third-order valence-corrected chi connectivity index (χ3v) is 4.43. The minimum atomic E-state index is -0.193. The lowest BCUT2D eigenvalue weighted by Crippen LogP contribution is -2.16. The van der Waals surface area contributed by atoms with Crippen LogP contribution in [0, 0.1) is 0 Å². The first-order valence-electron chi connectivity index (χ1n) is 6.36. The predicted molar refractivity (Wildman–Crippen MR) is 81.6 cm³/mol. The zero-order chi connectivity index (χ0) is 14.7. The van der Waals surface area contributed by atoms with Gasteiger partial charge in [-0.3, -0.25) is 4.57 Å². The summed E-state index contributed by atoms with van der Waals surface area (Å²) in [6.45, 7) is 4.54. The number of aromatic amines is 1. The van der Waals surface area contributed by atoms with Crippen molar-refractivity contribution in [1.29, 1.82) is 0 Å². The molecule has 1 aromatic heterocycles. The van der Waals surface area contributed by atoms with E-state index in [0.29, 0.717) is 16.7 Å². The molecule has 0 radical (unpaired) electrons. The van der Waals surface area contributed by atoms with Gasteiger partial charge in [0.05, 0.1) is 0 Å². The molecule has 1 unspecified atom stereocenters. The number of hydrogen-bond donors (Lipinski definition) is 2. The van der Waals surface area contributed by atoms with Crippen molar-refractivity contribution in [3.8, 4) is 0 Å². The fourth-order valence-corrected chi connectivity index (χ4v) is 3.19. The van der Waals surface area contributed by atoms with Crippen LogP contribution < -0.4 is 11.0 Å². The summed E-state index contributed by atoms with van der Waals surface area (Å²) >= 11 is 7.72. The summed E-state index contributed by atoms with van der Waals surface area (Å²) in [6.07, 6.45) is 0. The standard InChI is InChI=1S/C13H17ClN4OS/c1-4-18-12(19)16-17-13(18)20-9-5-6-10(8(2)15-3)11(14)7-9/h5-8,15H,4H2,1-3H3,(H,16,19). The molecule has 0 amide bonds. The number of rotatable bonds is 5. The molecule has 108 valence electrons. The third-order valence-electron chi connectivity index (χ3n) is 3.12. The van der Waals surface area contributed by atoms with E-state index in [1.807, 2.05) is 32.2 Å². The molecular weight excluding hydrogens is 296 g/mol. The van der Waals surface area contributed by atoms with Crippen LogP contribution in [0.4, 0.5) is 0 Å². The van der Waals surface area contributed by atoms with Gasteiger partial charge >= 0.3 is 5.69 Å². The molecule has 1 heterocycles. The van der Waals surface area contributed by atoms with Crippen LogP contribution in [0.5, 0.6) is 0 Å². The van der Waals surface area contributed by atoms with Gasteiger partial charge in [-0.1, -0.05) is 17.7 Å². The molecule has 0 saturated heterocycles. The first-order valence-corrected chi connectivity index (χ1v) is 7.56. The smallest absolute Gasteiger partial charge is 0.313 e. The van der Waals surface area contributed by atoms with Crippen LogP contribution in [0.1, 0.15) is 25.5 Å². The van der Waals surface area contributed by atoms with Gasteiger partial charge in [-0.2, -0.15) is 0 Å². The van der Waals surface area contributed by atoms with Crippen LogP contribution in [0.15, 0.2) is 33.0 Å². The number of benzene rings is 1. The van der Waals surface area contributed by atoms with Crippen LogP contribution in [-0.4, -0.2) is 21.8 Å². The van der Waals surface area contributed by atoms with Crippen LogP contribution in [-0.2, 0) is 6.54 Å². The highest BCUT2D eigenvalue weighted by atomic mass is 35.5. The minimum absolute atomic E-state index is 0.193. The quantitative estimate of drug-likeness (QED) is 0.891. The Morgan fingerprint density at radius 2 is 2.30 bits per heavy atom. The summed E-state index contributed by atoms with van der Waals surface area (Å²) in [7, 11) is 1.90. The van der Waals surface area contributed by atoms with Crippen molar-refractivity contribution in [3.63, 3.8) is 0 Å². The Kier molecular flexibility index (Phi) is 4.91. The van der Waals surface area contributed by atoms with Crippen molar-refractivity contribution in [3.05, 3.63) is 39.3 Å². The van der Waals surface area contributed by atoms with E-state index in [1.165, 1.54) is 11.8 Å². The fraction of sp³-hybridized carbons (Fsp3) is 0.385. The summed E-state index contributed by atoms with van der Waals surface area (Å²) in [5.74, 6) is 0. The zero-order valence-electron chi connectivity index (χ0n) is 11.6. The van der Waals surface area contributed by atoms with E-state index in [-0.39, 0.29) is 11.7 Å². The van der Waals surface area contributed by atoms with E-state index in [0.717, 1.165) is 10.5 Å². The molecule has 0 aliphatic heterocycles. The monoisotopic (exact) mass is 312 g/mol. The SMILES string of the molecule is CCn1c(Sc2ccc(C(C)NC)c(Cl)c2)n[nH]c1=O. The summed E-state index contributed by atoms with van der Waals surface area (Å²) in [4.78, 5) is 12.5. The van der Waals surface area contributed by atoms with E-state index < -0.39 is 0 Å². The number of hydrogen-bond acceptors (Lipinski definition) is 4. The highest BCUT2D eigenvalue weighted by Crippen LogP contribution is 2.31. The van der Waals surface area contributed by atoms with Gasteiger partial charge in [-0.15, -0.1) is 5.10 Å². The number of nitrogens with one attached hydrogen (secondary N) is 2. The highest BCUT2D eigenvalue weighted by Gasteiger charge is 2.12. The van der Waals surface area contributed by atoms with E-state index >= 15 is 0 Å². The van der Waals surface area contributed by atoms with E-state index in [9.17, 15) is 4.79 Å². The maximum absolute atomic E-state index is 11.5. The van der Waals surface area contributed by atoms with Gasteiger partial charge in [-0.05, 0) is 50.4 Å². The summed E-state index contributed by atoms with van der Waals surface area (Å²) < 4.78 is 1.59. The van der Waals surface area contributed by atoms with Crippen molar-refractivity contribution in [2.45, 2.75) is 36.5 Å². The number of aromatic nitrogens is 3. The first kappa shape index (κ1) is 15.2. The van der Waals surface area contributed by atoms with E-state index in [4.69, 9.17) is 11.6 Å². The first-order chi connectivity index (χ1) is 9.56. The van der Waals surface area contributed by atoms with Crippen molar-refractivity contribution < 1.29 is 0 Å². The van der Waals surface area contributed by atoms with Crippen LogP contribution >= 0.6 is 23.4 Å². The summed E-state index contributed by atoms with van der Waals surface area (Å²) in [5.41, 5.74) is 0.856. The second-order valence-corrected chi connectivity index (χ2v) is 5.80. The van der Waals surface area contributed by atoms with Crippen molar-refractivity contribution in [2.24, 2.45) is 0 Å². The Hall–Kier alpha value is -1.24. The Balaban J connectivity index is 2.26. The molecule has 0 aliphatic rings. The number of nitrogens with zero attached hydrogens (tertiary/aromatic N) is 2. The lowest BCUT2D eigenvalue weighted by atomic mass is 10.1. The van der Waals surface area contributed by atoms with Crippen molar-refractivity contribution >= 4 is 23.4 Å². The van der Waals surface area contributed by atoms with Crippen molar-refractivity contribution in [2.75, 3.05) is 7.05 Å². The molecule has 1 atom stereocenters. The van der Waals surface area contributed by atoms with Crippen LogP contribution in [0.2, 0.25) is 5.02 Å². The minimum Gasteiger partial charge on any atom is -0.313 e. The normalized spacial score (nSPS) is 12.6. The summed E-state index contributed by atoms with van der Waals surface area (Å²) in [5, 5.41) is 11.0. The molecule has 5 nitrogen and oxygen atoms in total. The van der Waals surface area contributed by atoms with E-state index in [1.54, 1.807) is 4.57 Å². The molecule has 1 aromatic carbocycles. The Morgan fingerprint density at radius 3 is 2.90 bits per heavy atom. The second kappa shape index (κ2) is 6.47. The van der Waals surface area contributed by atoms with Gasteiger partial charge in [0.15, 0.2) is 5.16 Å². The molecule has 0 saturated carbocycles. The molecule has 0 bridgehead atoms. The van der Waals surface area contributed by atoms with Crippen LogP contribution in [0.25, 0.3) is 0 Å². The summed E-state index contributed by atoms with van der Waals surface area (Å²) in [6, 6.07) is 6.07. The molecule has 0 fully saturated rings.